The van der Waals surface area contributed by atoms with Crippen molar-refractivity contribution in [2.24, 2.45) is 5.16 Å². The monoisotopic (exact) mass is 925 g/mol. The summed E-state index contributed by atoms with van der Waals surface area (Å²) in [6.07, 6.45) is 0.787. The van der Waals surface area contributed by atoms with E-state index >= 15 is 0 Å². The molecule has 5 aromatic carbocycles. The highest BCUT2D eigenvalue weighted by Gasteiger charge is 2.61. The zero-order valence-corrected chi connectivity index (χ0v) is 37.3. The molecule has 3 unspecified atom stereocenters. The Morgan fingerprint density at radius 3 is 1.94 bits per heavy atom. The molecule has 0 spiro atoms. The summed E-state index contributed by atoms with van der Waals surface area (Å²) in [7, 11) is 0. The summed E-state index contributed by atoms with van der Waals surface area (Å²) in [5, 5.41) is 11.9. The zero-order chi connectivity index (χ0) is 44.8. The minimum Gasteiger partial charge on any atom is -0.614 e. The van der Waals surface area contributed by atoms with Crippen molar-refractivity contribution in [3.63, 3.8) is 0 Å². The van der Waals surface area contributed by atoms with Gasteiger partial charge in [0, 0.05) is 17.4 Å². The first-order chi connectivity index (χ1) is 31.9. The number of fused-ring (bicyclic) bond motifs is 1. The highest BCUT2D eigenvalue weighted by molar-refractivity contribution is 7.92. The lowest BCUT2D eigenvalue weighted by atomic mass is 9.77. The number of oxime groups is 1. The average Bonchev–Trinajstić information content (AvgIpc) is 3.83. The number of benzene rings is 5. The van der Waals surface area contributed by atoms with Gasteiger partial charge in [0.15, 0.2) is 23.0 Å². The molecule has 2 fully saturated rings. The summed E-state index contributed by atoms with van der Waals surface area (Å²) >= 11 is 5.88. The molecule has 4 atom stereocenters. The fourth-order valence-electron chi connectivity index (χ4n) is 8.39. The van der Waals surface area contributed by atoms with Crippen LogP contribution in [0.4, 0.5) is 5.13 Å². The maximum Gasteiger partial charge on any atom is 0.356 e. The Bertz CT molecular complexity index is 2530. The summed E-state index contributed by atoms with van der Waals surface area (Å²) < 4.78 is 25.8. The molecule has 6 aromatic rings. The molecule has 0 saturated carbocycles. The molecule has 12 nitrogen and oxygen atoms in total. The quantitative estimate of drug-likeness (QED) is 0.0198. The third-order valence-electron chi connectivity index (χ3n) is 11.6. The van der Waals surface area contributed by atoms with E-state index in [9.17, 15) is 18.9 Å². The van der Waals surface area contributed by atoms with Crippen molar-refractivity contribution in [2.45, 2.75) is 48.6 Å². The van der Waals surface area contributed by atoms with E-state index in [1.54, 1.807) is 5.38 Å². The zero-order valence-electron chi connectivity index (χ0n) is 35.0. The summed E-state index contributed by atoms with van der Waals surface area (Å²) in [6.45, 7) is 0.479. The number of halogens is 1. The van der Waals surface area contributed by atoms with Gasteiger partial charge in [0.25, 0.3) is 11.8 Å². The Balaban J connectivity index is 1.01. The number of aromatic nitrogens is 1. The van der Waals surface area contributed by atoms with E-state index in [1.165, 1.54) is 11.3 Å². The molecule has 2 N–H and O–H groups in total. The smallest absolute Gasteiger partial charge is 0.356 e. The predicted octanol–water partition coefficient (Wildman–Crippen LogP) is 8.04. The third kappa shape index (κ3) is 9.05. The third-order valence-corrected chi connectivity index (χ3v) is 14.3. The van der Waals surface area contributed by atoms with Gasteiger partial charge in [-0.2, -0.15) is 0 Å². The number of anilines is 1. The van der Waals surface area contributed by atoms with Crippen LogP contribution < -0.4 is 10.6 Å². The lowest BCUT2D eigenvalue weighted by Crippen LogP contribution is -2.75. The second kappa shape index (κ2) is 19.8. The fourth-order valence-corrected chi connectivity index (χ4v) is 11.2. The maximum absolute atomic E-state index is 14.5. The normalized spacial score (nSPS) is 19.8. The minimum atomic E-state index is -1.75. The van der Waals surface area contributed by atoms with Gasteiger partial charge < -0.3 is 29.5 Å². The molecule has 2 amide bonds. The Hall–Kier alpha value is -6.29. The van der Waals surface area contributed by atoms with E-state index in [-0.39, 0.29) is 28.7 Å². The molecule has 4 heterocycles. The number of β-lactam (4-membered cyclic amide) rings is 1. The highest BCUT2D eigenvalue weighted by Crippen LogP contribution is 2.42. The summed E-state index contributed by atoms with van der Waals surface area (Å²) in [5.41, 5.74) is 3.56. The van der Waals surface area contributed by atoms with Crippen molar-refractivity contribution in [2.75, 3.05) is 23.6 Å². The molecule has 0 aliphatic carbocycles. The number of ether oxygens (including phenoxy) is 2. The predicted molar refractivity (Wildman–Crippen MR) is 250 cm³/mol. The molecule has 0 radical (unpaired) electrons. The molecule has 1 aromatic heterocycles. The Kier molecular flexibility index (Phi) is 13.4. The van der Waals surface area contributed by atoms with Crippen molar-refractivity contribution < 1.29 is 33.2 Å². The molecule has 330 valence electrons. The van der Waals surface area contributed by atoms with E-state index < -0.39 is 58.3 Å². The number of hydrogen-bond donors (Lipinski definition) is 2. The van der Waals surface area contributed by atoms with Crippen LogP contribution in [0.15, 0.2) is 173 Å². The molecular formula is C50H44ClN5O7S2. The number of amides is 2. The number of nitrogens with zero attached hydrogens (tertiary/aromatic N) is 3. The van der Waals surface area contributed by atoms with Crippen LogP contribution in [0, 0.1) is 0 Å². The van der Waals surface area contributed by atoms with Crippen LogP contribution >= 0.6 is 22.9 Å². The summed E-state index contributed by atoms with van der Waals surface area (Å²) in [4.78, 5) is 54.8. The number of nitrogens with one attached hydrogen (secondary N) is 2. The second-order valence-electron chi connectivity index (χ2n) is 15.6. The number of carbonyl (C=O) groups excluding carboxylic acids is 3. The van der Waals surface area contributed by atoms with E-state index in [2.05, 4.69) is 52.2 Å². The first-order valence-electron chi connectivity index (χ1n) is 21.2. The largest absolute Gasteiger partial charge is 0.614 e. The van der Waals surface area contributed by atoms with Crippen molar-refractivity contribution in [1.82, 2.24) is 15.2 Å². The van der Waals surface area contributed by atoms with Crippen LogP contribution in [0.3, 0.4) is 0 Å². The molecule has 65 heavy (non-hydrogen) atoms. The number of thiazole rings is 1. The maximum atomic E-state index is 14.5. The van der Waals surface area contributed by atoms with Crippen molar-refractivity contribution in [3.05, 3.63) is 202 Å². The van der Waals surface area contributed by atoms with Gasteiger partial charge in [-0.3, -0.25) is 14.5 Å². The summed E-state index contributed by atoms with van der Waals surface area (Å²) in [6, 6.07) is 47.3. The van der Waals surface area contributed by atoms with Gasteiger partial charge in [0.1, 0.15) is 22.7 Å². The molecular weight excluding hydrogens is 882 g/mol. The fraction of sp³-hybridized carbons (Fsp3) is 0.220. The Morgan fingerprint density at radius 2 is 1.42 bits per heavy atom. The first-order valence-corrected chi connectivity index (χ1v) is 24.0. The van der Waals surface area contributed by atoms with E-state index in [4.69, 9.17) is 30.9 Å². The van der Waals surface area contributed by atoms with Crippen LogP contribution in [0.1, 0.15) is 58.9 Å². The topological polar surface area (TPSA) is 155 Å². The van der Waals surface area contributed by atoms with Gasteiger partial charge in [0.2, 0.25) is 11.7 Å². The lowest BCUT2D eigenvalue weighted by Gasteiger charge is -2.49. The van der Waals surface area contributed by atoms with Crippen LogP contribution in [-0.2, 0) is 45.4 Å². The van der Waals surface area contributed by atoms with Gasteiger partial charge in [-0.25, -0.2) is 9.78 Å². The number of alkyl halides is 1. The SMILES string of the molecule is O=C(NC1C(=O)N2C(C(=O)OC(c3ccccc3)c3ccccc3)=C(CCl)C[S+]([O-])[C@@H]12)C(=NOC1CCCCO1)c1csc(NC(c2ccccc2)(c2ccccc2)c2ccccc2)n1. The van der Waals surface area contributed by atoms with Crippen LogP contribution in [0.5, 0.6) is 0 Å². The van der Waals surface area contributed by atoms with Crippen LogP contribution in [0.25, 0.3) is 0 Å². The summed E-state index contributed by atoms with van der Waals surface area (Å²) in [5.74, 6) is -2.52. The second-order valence-corrected chi connectivity index (χ2v) is 18.3. The number of carbonyl (C=O) groups is 3. The van der Waals surface area contributed by atoms with Crippen molar-refractivity contribution in [1.29, 1.82) is 0 Å². The Labute approximate surface area is 388 Å². The highest BCUT2D eigenvalue weighted by atomic mass is 35.5. The standard InChI is InChI=1S/C50H44ClN5O7S2/c51-30-35-32-65(60)47-42(46(58)56(47)43(35)48(59)62-44(33-18-6-1-7-19-33)34-20-8-2-9-21-34)53-45(57)41(55-63-40-28-16-17-29-61-40)39-31-64-49(52-39)54-50(36-22-10-3-11-23-36,37-24-12-4-13-25-37)38-26-14-5-15-27-38/h1-15,18-27,31,40,42,44,47H,16-17,28-30,32H2,(H,52,54)(H,53,57)/t40?,42?,47-,65?/m0/s1. The van der Waals surface area contributed by atoms with Crippen molar-refractivity contribution in [3.8, 4) is 0 Å². The average molecular weight is 927 g/mol. The van der Waals surface area contributed by atoms with Crippen molar-refractivity contribution >= 4 is 62.7 Å². The minimum absolute atomic E-state index is 0.0856. The Morgan fingerprint density at radius 1 is 0.862 bits per heavy atom. The first kappa shape index (κ1) is 43.9. The van der Waals surface area contributed by atoms with Crippen LogP contribution in [0.2, 0.25) is 0 Å². The van der Waals surface area contributed by atoms with Gasteiger partial charge in [-0.05, 0) is 51.8 Å². The van der Waals surface area contributed by atoms with E-state index in [1.807, 2.05) is 115 Å². The molecule has 3 aliphatic rings. The van der Waals surface area contributed by atoms with Gasteiger partial charge >= 0.3 is 5.97 Å². The number of hydrogen-bond acceptors (Lipinski definition) is 11. The number of esters is 1. The molecule has 0 bridgehead atoms. The van der Waals surface area contributed by atoms with Crippen LogP contribution in [-0.4, -0.2) is 73.9 Å². The van der Waals surface area contributed by atoms with E-state index in [0.717, 1.165) is 45.6 Å². The van der Waals surface area contributed by atoms with E-state index in [0.29, 0.717) is 23.7 Å². The van der Waals surface area contributed by atoms with Gasteiger partial charge in [0.05, 0.1) is 12.5 Å². The lowest BCUT2D eigenvalue weighted by molar-refractivity contribution is -0.162. The molecule has 15 heteroatoms. The number of rotatable bonds is 15. The molecule has 3 aliphatic heterocycles. The van der Waals surface area contributed by atoms with Gasteiger partial charge in [-0.15, -0.1) is 22.9 Å². The van der Waals surface area contributed by atoms with Gasteiger partial charge in [-0.1, -0.05) is 157 Å². The molecule has 9 rings (SSSR count). The molecule has 2 saturated heterocycles.